The van der Waals surface area contributed by atoms with E-state index in [1.807, 2.05) is 6.92 Å². The molecule has 4 nitrogen and oxygen atoms in total. The standard InChI is InChI=1S/C13H30N2O2S/c1-5-10-18(16,17)11-9-15(8-4)13(6-2,7-3)12-14/h5-12,14H2,1-4H3. The van der Waals surface area contributed by atoms with E-state index < -0.39 is 9.84 Å². The molecule has 0 amide bonds. The Morgan fingerprint density at radius 2 is 1.61 bits per heavy atom. The molecule has 0 saturated heterocycles. The lowest BCUT2D eigenvalue weighted by Crippen LogP contribution is -2.54. The molecule has 0 aromatic rings. The SMILES string of the molecule is CCCS(=O)(=O)CCN(CC)C(CC)(CC)CN. The van der Waals surface area contributed by atoms with E-state index in [1.165, 1.54) is 0 Å². The molecular weight excluding hydrogens is 248 g/mol. The van der Waals surface area contributed by atoms with Crippen LogP contribution < -0.4 is 5.73 Å². The highest BCUT2D eigenvalue weighted by molar-refractivity contribution is 7.91. The zero-order valence-corrected chi connectivity index (χ0v) is 13.2. The first-order chi connectivity index (χ1) is 8.41. The molecule has 0 heterocycles. The van der Waals surface area contributed by atoms with Crippen LogP contribution in [0.15, 0.2) is 0 Å². The van der Waals surface area contributed by atoms with Gasteiger partial charge in [0.2, 0.25) is 0 Å². The first-order valence-corrected chi connectivity index (χ1v) is 8.89. The third kappa shape index (κ3) is 4.86. The number of hydrogen-bond acceptors (Lipinski definition) is 4. The second-order valence-electron chi connectivity index (χ2n) is 4.87. The Bertz CT molecular complexity index is 303. The van der Waals surface area contributed by atoms with Gasteiger partial charge >= 0.3 is 0 Å². The lowest BCUT2D eigenvalue weighted by Gasteiger charge is -2.42. The van der Waals surface area contributed by atoms with E-state index in [-0.39, 0.29) is 11.3 Å². The van der Waals surface area contributed by atoms with Gasteiger partial charge in [-0.1, -0.05) is 27.7 Å². The van der Waals surface area contributed by atoms with Gasteiger partial charge in [-0.05, 0) is 25.8 Å². The molecule has 0 saturated carbocycles. The van der Waals surface area contributed by atoms with Gasteiger partial charge in [0.25, 0.3) is 0 Å². The fourth-order valence-corrected chi connectivity index (χ4v) is 3.83. The highest BCUT2D eigenvalue weighted by Crippen LogP contribution is 2.22. The summed E-state index contributed by atoms with van der Waals surface area (Å²) in [5, 5.41) is 0. The van der Waals surface area contributed by atoms with Crippen molar-refractivity contribution in [2.45, 2.75) is 52.5 Å². The fraction of sp³-hybridized carbons (Fsp3) is 1.00. The molecule has 0 aromatic carbocycles. The van der Waals surface area contributed by atoms with Crippen LogP contribution in [0, 0.1) is 0 Å². The molecule has 0 aliphatic heterocycles. The maximum atomic E-state index is 11.8. The quantitative estimate of drug-likeness (QED) is 0.660. The van der Waals surface area contributed by atoms with Crippen LogP contribution >= 0.6 is 0 Å². The Labute approximate surface area is 113 Å². The summed E-state index contributed by atoms with van der Waals surface area (Å²) in [6.45, 7) is 10.2. The number of nitrogens with two attached hydrogens (primary N) is 1. The Morgan fingerprint density at radius 3 is 1.94 bits per heavy atom. The zero-order chi connectivity index (χ0) is 14.2. The summed E-state index contributed by atoms with van der Waals surface area (Å²) in [4.78, 5) is 2.24. The second-order valence-corrected chi connectivity index (χ2v) is 7.17. The van der Waals surface area contributed by atoms with Crippen molar-refractivity contribution in [2.24, 2.45) is 5.73 Å². The molecule has 0 aromatic heterocycles. The molecule has 0 radical (unpaired) electrons. The Balaban J connectivity index is 4.70. The molecule has 5 heteroatoms. The van der Waals surface area contributed by atoms with Gasteiger partial charge in [0, 0.05) is 24.4 Å². The third-order valence-corrected chi connectivity index (χ3v) is 5.77. The van der Waals surface area contributed by atoms with Crippen LogP contribution in [-0.4, -0.2) is 50.0 Å². The zero-order valence-electron chi connectivity index (χ0n) is 12.4. The maximum Gasteiger partial charge on any atom is 0.151 e. The van der Waals surface area contributed by atoms with Gasteiger partial charge in [-0.25, -0.2) is 8.42 Å². The van der Waals surface area contributed by atoms with Crippen molar-refractivity contribution in [3.63, 3.8) is 0 Å². The van der Waals surface area contributed by atoms with Crippen LogP contribution in [0.25, 0.3) is 0 Å². The number of rotatable bonds is 10. The summed E-state index contributed by atoms with van der Waals surface area (Å²) in [7, 11) is -2.90. The van der Waals surface area contributed by atoms with Gasteiger partial charge in [-0.15, -0.1) is 0 Å². The van der Waals surface area contributed by atoms with Crippen LogP contribution in [0.1, 0.15) is 47.0 Å². The fourth-order valence-electron chi connectivity index (χ4n) is 2.51. The minimum atomic E-state index is -2.90. The lowest BCUT2D eigenvalue weighted by atomic mass is 9.90. The van der Waals surface area contributed by atoms with Gasteiger partial charge in [0.05, 0.1) is 5.75 Å². The Kier molecular flexibility index (Phi) is 8.06. The largest absolute Gasteiger partial charge is 0.329 e. The minimum Gasteiger partial charge on any atom is -0.329 e. The summed E-state index contributed by atoms with van der Waals surface area (Å²) >= 11 is 0. The van der Waals surface area contributed by atoms with Gasteiger partial charge in [-0.2, -0.15) is 0 Å². The van der Waals surface area contributed by atoms with E-state index in [1.54, 1.807) is 0 Å². The highest BCUT2D eigenvalue weighted by Gasteiger charge is 2.31. The van der Waals surface area contributed by atoms with Gasteiger partial charge in [0.15, 0.2) is 9.84 Å². The van der Waals surface area contributed by atoms with Crippen LogP contribution in [-0.2, 0) is 9.84 Å². The van der Waals surface area contributed by atoms with Crippen molar-refractivity contribution in [1.82, 2.24) is 4.90 Å². The molecule has 0 aliphatic rings. The highest BCUT2D eigenvalue weighted by atomic mass is 32.2. The normalized spacial score (nSPS) is 13.2. The van der Waals surface area contributed by atoms with Crippen LogP contribution in [0.5, 0.6) is 0 Å². The molecule has 18 heavy (non-hydrogen) atoms. The van der Waals surface area contributed by atoms with E-state index in [2.05, 4.69) is 25.7 Å². The predicted octanol–water partition coefficient (Wildman–Crippen LogP) is 1.65. The molecule has 0 rings (SSSR count). The summed E-state index contributed by atoms with van der Waals surface area (Å²) in [5.74, 6) is 0.537. The summed E-state index contributed by atoms with van der Waals surface area (Å²) in [6.07, 6.45) is 2.61. The molecule has 110 valence electrons. The predicted molar refractivity (Wildman–Crippen MR) is 78.6 cm³/mol. The number of likely N-dealkylation sites (N-methyl/N-ethyl adjacent to an activating group) is 1. The van der Waals surface area contributed by atoms with Crippen molar-refractivity contribution < 1.29 is 8.42 Å². The molecule has 2 N–H and O–H groups in total. The average Bonchev–Trinajstić information content (AvgIpc) is 2.35. The topological polar surface area (TPSA) is 63.4 Å². The van der Waals surface area contributed by atoms with Gasteiger partial charge in [-0.3, -0.25) is 4.90 Å². The number of sulfone groups is 1. The second kappa shape index (κ2) is 8.12. The Morgan fingerprint density at radius 1 is 1.06 bits per heavy atom. The molecule has 0 fully saturated rings. The van der Waals surface area contributed by atoms with Crippen molar-refractivity contribution >= 4 is 9.84 Å². The summed E-state index contributed by atoms with van der Waals surface area (Å²) in [5.41, 5.74) is 5.87. The van der Waals surface area contributed by atoms with Crippen LogP contribution in [0.2, 0.25) is 0 Å². The van der Waals surface area contributed by atoms with Crippen molar-refractivity contribution in [3.05, 3.63) is 0 Å². The number of nitrogens with zero attached hydrogens (tertiary/aromatic N) is 1. The van der Waals surface area contributed by atoms with E-state index in [4.69, 9.17) is 5.73 Å². The van der Waals surface area contributed by atoms with Gasteiger partial charge in [0.1, 0.15) is 0 Å². The van der Waals surface area contributed by atoms with Gasteiger partial charge < -0.3 is 5.73 Å². The molecular formula is C13H30N2O2S. The molecule has 0 spiro atoms. The molecule has 0 atom stereocenters. The van der Waals surface area contributed by atoms with Crippen molar-refractivity contribution in [1.29, 1.82) is 0 Å². The molecule has 0 aliphatic carbocycles. The first kappa shape index (κ1) is 17.9. The average molecular weight is 278 g/mol. The monoisotopic (exact) mass is 278 g/mol. The maximum absolute atomic E-state index is 11.8. The van der Waals surface area contributed by atoms with Crippen LogP contribution in [0.4, 0.5) is 0 Å². The van der Waals surface area contributed by atoms with E-state index >= 15 is 0 Å². The van der Waals surface area contributed by atoms with Crippen LogP contribution in [0.3, 0.4) is 0 Å². The number of hydrogen-bond donors (Lipinski definition) is 1. The summed E-state index contributed by atoms with van der Waals surface area (Å²) < 4.78 is 23.6. The van der Waals surface area contributed by atoms with Crippen molar-refractivity contribution in [2.75, 3.05) is 31.1 Å². The van der Waals surface area contributed by atoms with E-state index in [0.29, 0.717) is 25.3 Å². The summed E-state index contributed by atoms with van der Waals surface area (Å²) in [6, 6.07) is 0. The molecule has 0 bridgehead atoms. The first-order valence-electron chi connectivity index (χ1n) is 7.06. The van der Waals surface area contributed by atoms with Crippen molar-refractivity contribution in [3.8, 4) is 0 Å². The van der Waals surface area contributed by atoms with E-state index in [9.17, 15) is 8.42 Å². The third-order valence-electron chi connectivity index (χ3n) is 3.94. The minimum absolute atomic E-state index is 0.0452. The molecule has 0 unspecified atom stereocenters. The smallest absolute Gasteiger partial charge is 0.151 e. The Hall–Kier alpha value is -0.130. The van der Waals surface area contributed by atoms with E-state index in [0.717, 1.165) is 19.4 Å². The lowest BCUT2D eigenvalue weighted by molar-refractivity contribution is 0.0980.